The summed E-state index contributed by atoms with van der Waals surface area (Å²) in [5.74, 6) is -1.25. The van der Waals surface area contributed by atoms with E-state index in [0.29, 0.717) is 0 Å². The number of hydrogen-bond acceptors (Lipinski definition) is 4. The third kappa shape index (κ3) is 3.18. The molecule has 0 heterocycles. The van der Waals surface area contributed by atoms with Crippen molar-refractivity contribution >= 4 is 21.7 Å². The monoisotopic (exact) mass is 258 g/mol. The van der Waals surface area contributed by atoms with E-state index in [0.717, 1.165) is 5.56 Å². The molecule has 1 unspecified atom stereocenters. The third-order valence-electron chi connectivity index (χ3n) is 2.16. The predicted molar refractivity (Wildman–Crippen MR) is 63.0 cm³/mol. The molecule has 1 aromatic carbocycles. The van der Waals surface area contributed by atoms with E-state index < -0.39 is 22.0 Å². The molecule has 1 atom stereocenters. The van der Waals surface area contributed by atoms with Crippen LogP contribution in [0.5, 0.6) is 0 Å². The van der Waals surface area contributed by atoms with E-state index >= 15 is 0 Å². The topological polar surface area (TPSA) is 109 Å². The molecule has 0 bridgehead atoms. The number of benzene rings is 1. The maximum absolute atomic E-state index is 11.9. The number of nitrogens with two attached hydrogens (primary N) is 1. The van der Waals surface area contributed by atoms with Crippen molar-refractivity contribution in [2.24, 2.45) is 0 Å². The first-order valence-electron chi connectivity index (χ1n) is 4.85. The Morgan fingerprint density at radius 2 is 2.06 bits per heavy atom. The molecule has 0 amide bonds. The average molecular weight is 258 g/mol. The van der Waals surface area contributed by atoms with Crippen LogP contribution in [0, 0.1) is 6.92 Å². The van der Waals surface area contributed by atoms with Gasteiger partial charge >= 0.3 is 5.97 Å². The minimum Gasteiger partial charge on any atom is -0.480 e. The number of hydrogen-bond donors (Lipinski definition) is 3. The molecule has 17 heavy (non-hydrogen) atoms. The van der Waals surface area contributed by atoms with E-state index in [4.69, 9.17) is 10.8 Å². The second-order valence-corrected chi connectivity index (χ2v) is 5.40. The number of anilines is 1. The smallest absolute Gasteiger partial charge is 0.321 e. The quantitative estimate of drug-likeness (QED) is 0.674. The molecule has 0 aromatic heterocycles. The number of nitrogens with one attached hydrogen (secondary N) is 1. The molecule has 1 aromatic rings. The molecule has 0 saturated carbocycles. The van der Waals surface area contributed by atoms with Crippen molar-refractivity contribution in [3.8, 4) is 0 Å². The van der Waals surface area contributed by atoms with Crippen LogP contribution in [0.25, 0.3) is 0 Å². The number of carboxylic acids is 1. The lowest BCUT2D eigenvalue weighted by molar-refractivity contribution is -0.138. The lowest BCUT2D eigenvalue weighted by atomic mass is 10.2. The zero-order chi connectivity index (χ0) is 13.2. The summed E-state index contributed by atoms with van der Waals surface area (Å²) in [5, 5.41) is 8.66. The summed E-state index contributed by atoms with van der Waals surface area (Å²) >= 11 is 0. The molecule has 0 radical (unpaired) electrons. The van der Waals surface area contributed by atoms with Crippen molar-refractivity contribution < 1.29 is 18.3 Å². The van der Waals surface area contributed by atoms with Crippen molar-refractivity contribution in [1.29, 1.82) is 0 Å². The van der Waals surface area contributed by atoms with Crippen LogP contribution in [0.2, 0.25) is 0 Å². The van der Waals surface area contributed by atoms with Gasteiger partial charge in [-0.3, -0.25) is 4.79 Å². The summed E-state index contributed by atoms with van der Waals surface area (Å²) in [7, 11) is -3.91. The first-order valence-corrected chi connectivity index (χ1v) is 6.33. The van der Waals surface area contributed by atoms with Gasteiger partial charge in [-0.05, 0) is 31.5 Å². The van der Waals surface area contributed by atoms with Gasteiger partial charge < -0.3 is 10.8 Å². The molecule has 6 nitrogen and oxygen atoms in total. The van der Waals surface area contributed by atoms with Crippen LogP contribution in [0.15, 0.2) is 23.1 Å². The van der Waals surface area contributed by atoms with Crippen molar-refractivity contribution in [3.63, 3.8) is 0 Å². The molecule has 0 spiro atoms. The Morgan fingerprint density at radius 1 is 1.47 bits per heavy atom. The van der Waals surface area contributed by atoms with Crippen LogP contribution in [0.3, 0.4) is 0 Å². The SMILES string of the molecule is Cc1ccc(N)c(S(=O)(=O)NC(C)C(=O)O)c1. The zero-order valence-corrected chi connectivity index (χ0v) is 10.3. The minimum atomic E-state index is -3.91. The molecule has 1 rings (SSSR count). The Balaban J connectivity index is 3.13. The number of aliphatic carboxylic acids is 1. The lowest BCUT2D eigenvalue weighted by Gasteiger charge is -2.12. The highest BCUT2D eigenvalue weighted by Crippen LogP contribution is 2.19. The number of nitrogen functional groups attached to an aromatic ring is 1. The largest absolute Gasteiger partial charge is 0.480 e. The summed E-state index contributed by atoms with van der Waals surface area (Å²) < 4.78 is 25.8. The molecule has 94 valence electrons. The van der Waals surface area contributed by atoms with E-state index in [2.05, 4.69) is 0 Å². The van der Waals surface area contributed by atoms with Crippen molar-refractivity contribution in [1.82, 2.24) is 4.72 Å². The standard InChI is InChI=1S/C10H14N2O4S/c1-6-3-4-8(11)9(5-6)17(15,16)12-7(2)10(13)14/h3-5,7,12H,11H2,1-2H3,(H,13,14). The Bertz CT molecular complexity index is 539. The molecular formula is C10H14N2O4S. The highest BCUT2D eigenvalue weighted by Gasteiger charge is 2.23. The molecule has 0 fully saturated rings. The Morgan fingerprint density at radius 3 is 2.59 bits per heavy atom. The van der Waals surface area contributed by atoms with Crippen molar-refractivity contribution in [2.75, 3.05) is 5.73 Å². The van der Waals surface area contributed by atoms with Crippen molar-refractivity contribution in [3.05, 3.63) is 23.8 Å². The number of sulfonamides is 1. The molecule has 0 saturated heterocycles. The maximum Gasteiger partial charge on any atom is 0.321 e. The van der Waals surface area contributed by atoms with Crippen LogP contribution in [-0.4, -0.2) is 25.5 Å². The summed E-state index contributed by atoms with van der Waals surface area (Å²) in [6.45, 7) is 2.96. The van der Waals surface area contributed by atoms with E-state index in [1.165, 1.54) is 19.1 Å². The highest BCUT2D eigenvalue weighted by atomic mass is 32.2. The van der Waals surface area contributed by atoms with E-state index in [9.17, 15) is 13.2 Å². The zero-order valence-electron chi connectivity index (χ0n) is 9.47. The Hall–Kier alpha value is -1.60. The van der Waals surface area contributed by atoms with Crippen molar-refractivity contribution in [2.45, 2.75) is 24.8 Å². The first kappa shape index (κ1) is 13.5. The summed E-state index contributed by atoms with van der Waals surface area (Å²) in [6.07, 6.45) is 0. The molecular weight excluding hydrogens is 244 g/mol. The van der Waals surface area contributed by atoms with Gasteiger partial charge in [0.2, 0.25) is 10.0 Å². The van der Waals surface area contributed by atoms with Gasteiger partial charge in [-0.2, -0.15) is 4.72 Å². The van der Waals surface area contributed by atoms with Gasteiger partial charge in [0.15, 0.2) is 0 Å². The number of carbonyl (C=O) groups is 1. The van der Waals surface area contributed by atoms with Gasteiger partial charge in [0.25, 0.3) is 0 Å². The third-order valence-corrected chi connectivity index (χ3v) is 3.76. The van der Waals surface area contributed by atoms with Crippen LogP contribution < -0.4 is 10.5 Å². The lowest BCUT2D eigenvalue weighted by Crippen LogP contribution is -2.38. The Labute approximate surface area is 99.5 Å². The first-order chi connectivity index (χ1) is 7.74. The molecule has 4 N–H and O–H groups in total. The van der Waals surface area contributed by atoms with Gasteiger partial charge in [-0.1, -0.05) is 6.07 Å². The van der Waals surface area contributed by atoms with Crippen LogP contribution >= 0.6 is 0 Å². The second kappa shape index (κ2) is 4.72. The second-order valence-electron chi connectivity index (χ2n) is 3.72. The van der Waals surface area contributed by atoms with E-state index in [1.54, 1.807) is 13.0 Å². The van der Waals surface area contributed by atoms with Gasteiger partial charge in [0, 0.05) is 0 Å². The van der Waals surface area contributed by atoms with Crippen LogP contribution in [0.4, 0.5) is 5.69 Å². The number of aryl methyl sites for hydroxylation is 1. The summed E-state index contributed by atoms with van der Waals surface area (Å²) in [4.78, 5) is 10.5. The maximum atomic E-state index is 11.9. The number of carboxylic acid groups (broad SMARTS) is 1. The summed E-state index contributed by atoms with van der Waals surface area (Å²) in [6, 6.07) is 3.33. The fourth-order valence-corrected chi connectivity index (χ4v) is 2.63. The average Bonchev–Trinajstić information content (AvgIpc) is 2.20. The normalized spacial score (nSPS) is 13.3. The Kier molecular flexibility index (Phi) is 3.74. The van der Waals surface area contributed by atoms with Gasteiger partial charge in [-0.15, -0.1) is 0 Å². The fraction of sp³-hybridized carbons (Fsp3) is 0.300. The minimum absolute atomic E-state index is 0.0840. The molecule has 0 aliphatic heterocycles. The molecule has 0 aliphatic carbocycles. The van der Waals surface area contributed by atoms with Crippen LogP contribution in [-0.2, 0) is 14.8 Å². The predicted octanol–water partition coefficient (Wildman–Crippen LogP) is 0.329. The molecule has 0 aliphatic rings. The van der Waals surface area contributed by atoms with E-state index in [-0.39, 0.29) is 10.6 Å². The van der Waals surface area contributed by atoms with Crippen LogP contribution in [0.1, 0.15) is 12.5 Å². The summed E-state index contributed by atoms with van der Waals surface area (Å²) in [5.41, 5.74) is 6.37. The fourth-order valence-electron chi connectivity index (χ4n) is 1.22. The molecule has 7 heteroatoms. The van der Waals surface area contributed by atoms with Gasteiger partial charge in [0.05, 0.1) is 5.69 Å². The highest BCUT2D eigenvalue weighted by molar-refractivity contribution is 7.89. The van der Waals surface area contributed by atoms with Gasteiger partial charge in [0.1, 0.15) is 10.9 Å². The van der Waals surface area contributed by atoms with E-state index in [1.807, 2.05) is 4.72 Å². The van der Waals surface area contributed by atoms with Gasteiger partial charge in [-0.25, -0.2) is 8.42 Å². The number of rotatable bonds is 4.